The molecule has 1 aromatic heterocycles. The van der Waals surface area contributed by atoms with Gasteiger partial charge in [0.2, 0.25) is 0 Å². The zero-order valence-electron chi connectivity index (χ0n) is 11.8. The summed E-state index contributed by atoms with van der Waals surface area (Å²) < 4.78 is 20.7. The highest BCUT2D eigenvalue weighted by atomic mass is 32.2. The first-order chi connectivity index (χ1) is 8.89. The number of furan rings is 1. The summed E-state index contributed by atoms with van der Waals surface area (Å²) in [5, 5.41) is 9.74. The molecule has 0 bridgehead atoms. The molecule has 0 aromatic carbocycles. The predicted octanol–water partition coefficient (Wildman–Crippen LogP) is 2.54. The van der Waals surface area contributed by atoms with E-state index in [1.54, 1.807) is 6.26 Å². The number of hydrogen-bond donors (Lipinski definition) is 2. The van der Waals surface area contributed by atoms with Gasteiger partial charge in [-0.25, -0.2) is 8.93 Å². The lowest BCUT2D eigenvalue weighted by atomic mass is 9.64. The molecule has 0 aliphatic heterocycles. The van der Waals surface area contributed by atoms with Crippen LogP contribution in [0.1, 0.15) is 51.8 Å². The lowest BCUT2D eigenvalue weighted by Gasteiger charge is -2.46. The number of aliphatic hydroxyl groups excluding tert-OH is 1. The van der Waals surface area contributed by atoms with Gasteiger partial charge < -0.3 is 9.52 Å². The Balaban J connectivity index is 2.23. The van der Waals surface area contributed by atoms with Gasteiger partial charge >= 0.3 is 0 Å². The Hall–Kier alpha value is -0.650. The zero-order valence-corrected chi connectivity index (χ0v) is 12.6. The standard InChI is InChI=1S/C14H23NO3S/c1-13(2,3)19(17)15-12(11-6-4-9-18-11)14(10-16)7-5-8-14/h4,6,9,12,15-16H,5,7-8,10H2,1-3H3/t12-,19+/m1/s1. The molecule has 2 N–H and O–H groups in total. The van der Waals surface area contributed by atoms with E-state index in [1.807, 2.05) is 32.9 Å². The fraction of sp³-hybridized carbons (Fsp3) is 0.714. The molecular formula is C14H23NO3S. The number of rotatable bonds is 5. The van der Waals surface area contributed by atoms with Crippen LogP contribution in [0.3, 0.4) is 0 Å². The summed E-state index contributed by atoms with van der Waals surface area (Å²) in [6, 6.07) is 3.52. The van der Waals surface area contributed by atoms with Crippen molar-refractivity contribution in [1.82, 2.24) is 4.72 Å². The van der Waals surface area contributed by atoms with E-state index in [9.17, 15) is 9.32 Å². The Labute approximate surface area is 117 Å². The van der Waals surface area contributed by atoms with Crippen LogP contribution >= 0.6 is 0 Å². The Bertz CT molecular complexity index is 427. The molecular weight excluding hydrogens is 262 g/mol. The second kappa shape index (κ2) is 5.38. The van der Waals surface area contributed by atoms with E-state index >= 15 is 0 Å². The second-order valence-electron chi connectivity index (χ2n) is 6.32. The highest BCUT2D eigenvalue weighted by Crippen LogP contribution is 2.50. The summed E-state index contributed by atoms with van der Waals surface area (Å²) in [5.41, 5.74) is -0.237. The van der Waals surface area contributed by atoms with Gasteiger partial charge in [0.1, 0.15) is 5.76 Å². The van der Waals surface area contributed by atoms with Crippen molar-refractivity contribution in [3.63, 3.8) is 0 Å². The van der Waals surface area contributed by atoms with Crippen molar-refractivity contribution in [2.45, 2.75) is 50.8 Å². The Kier molecular flexibility index (Phi) is 4.18. The monoisotopic (exact) mass is 285 g/mol. The minimum absolute atomic E-state index is 0.0900. The Morgan fingerprint density at radius 2 is 2.21 bits per heavy atom. The lowest BCUT2D eigenvalue weighted by molar-refractivity contribution is 0.00652. The van der Waals surface area contributed by atoms with E-state index in [4.69, 9.17) is 4.42 Å². The van der Waals surface area contributed by atoms with Crippen LogP contribution in [0.4, 0.5) is 0 Å². The second-order valence-corrected chi connectivity index (χ2v) is 8.32. The number of hydrogen-bond acceptors (Lipinski definition) is 3. The van der Waals surface area contributed by atoms with Crippen molar-refractivity contribution >= 4 is 11.0 Å². The fourth-order valence-corrected chi connectivity index (χ4v) is 3.33. The number of aliphatic hydroxyl groups is 1. The maximum absolute atomic E-state index is 12.3. The smallest absolute Gasteiger partial charge is 0.122 e. The molecule has 0 radical (unpaired) electrons. The van der Waals surface area contributed by atoms with Gasteiger partial charge in [0.25, 0.3) is 0 Å². The summed E-state index contributed by atoms with van der Waals surface area (Å²) in [4.78, 5) is 0. The molecule has 1 saturated carbocycles. The van der Waals surface area contributed by atoms with Crippen LogP contribution in [-0.2, 0) is 11.0 Å². The maximum Gasteiger partial charge on any atom is 0.122 e. The van der Waals surface area contributed by atoms with E-state index in [2.05, 4.69) is 4.72 Å². The summed E-state index contributed by atoms with van der Waals surface area (Å²) in [7, 11) is -1.19. The van der Waals surface area contributed by atoms with Crippen LogP contribution < -0.4 is 4.72 Å². The van der Waals surface area contributed by atoms with Crippen LogP contribution in [0, 0.1) is 5.41 Å². The highest BCUT2D eigenvalue weighted by molar-refractivity contribution is 7.84. The van der Waals surface area contributed by atoms with E-state index in [1.165, 1.54) is 0 Å². The average Bonchev–Trinajstić information content (AvgIpc) is 2.78. The third kappa shape index (κ3) is 2.93. The molecule has 19 heavy (non-hydrogen) atoms. The van der Waals surface area contributed by atoms with E-state index in [0.29, 0.717) is 0 Å². The molecule has 5 heteroatoms. The summed E-state index contributed by atoms with van der Waals surface area (Å²) in [6.45, 7) is 5.89. The van der Waals surface area contributed by atoms with Crippen LogP contribution in [0.2, 0.25) is 0 Å². The molecule has 1 fully saturated rings. The minimum atomic E-state index is -1.19. The van der Waals surface area contributed by atoms with Gasteiger partial charge in [0.05, 0.1) is 34.6 Å². The quantitative estimate of drug-likeness (QED) is 0.874. The van der Waals surface area contributed by atoms with Crippen molar-refractivity contribution in [1.29, 1.82) is 0 Å². The zero-order chi connectivity index (χ0) is 14.1. The average molecular weight is 285 g/mol. The molecule has 2 atom stereocenters. The summed E-state index contributed by atoms with van der Waals surface area (Å²) >= 11 is 0. The molecule has 0 unspecified atom stereocenters. The van der Waals surface area contributed by atoms with Crippen molar-refractivity contribution in [3.8, 4) is 0 Å². The molecule has 4 nitrogen and oxygen atoms in total. The third-order valence-electron chi connectivity index (χ3n) is 3.89. The molecule has 0 amide bonds. The lowest BCUT2D eigenvalue weighted by Crippen LogP contribution is -2.48. The molecule has 108 valence electrons. The molecule has 0 saturated heterocycles. The van der Waals surface area contributed by atoms with E-state index in [0.717, 1.165) is 25.0 Å². The number of nitrogens with one attached hydrogen (secondary N) is 1. The summed E-state index contributed by atoms with van der Waals surface area (Å²) in [6.07, 6.45) is 4.59. The molecule has 1 heterocycles. The van der Waals surface area contributed by atoms with Gasteiger partial charge in [0.15, 0.2) is 0 Å². The van der Waals surface area contributed by atoms with Crippen LogP contribution in [0.15, 0.2) is 22.8 Å². The van der Waals surface area contributed by atoms with Crippen molar-refractivity contribution in [2.75, 3.05) is 6.61 Å². The molecule has 2 rings (SSSR count). The largest absolute Gasteiger partial charge is 0.468 e. The topological polar surface area (TPSA) is 62.5 Å². The van der Waals surface area contributed by atoms with Gasteiger partial charge in [-0.3, -0.25) is 0 Å². The Morgan fingerprint density at radius 3 is 2.58 bits per heavy atom. The third-order valence-corrected chi connectivity index (χ3v) is 5.45. The van der Waals surface area contributed by atoms with Crippen LogP contribution in [0.25, 0.3) is 0 Å². The van der Waals surface area contributed by atoms with Gasteiger partial charge in [-0.1, -0.05) is 6.42 Å². The van der Waals surface area contributed by atoms with Gasteiger partial charge in [-0.2, -0.15) is 0 Å². The SMILES string of the molecule is CC(C)(C)[S@](=O)N[C@H](c1ccco1)C1(CO)CCC1. The van der Waals surface area contributed by atoms with Crippen molar-refractivity contribution < 1.29 is 13.7 Å². The molecule has 1 aromatic rings. The first kappa shape index (κ1) is 14.8. The molecule has 0 spiro atoms. The fourth-order valence-electron chi connectivity index (χ4n) is 2.39. The van der Waals surface area contributed by atoms with Crippen molar-refractivity contribution in [2.24, 2.45) is 5.41 Å². The maximum atomic E-state index is 12.3. The normalized spacial score (nSPS) is 21.7. The van der Waals surface area contributed by atoms with Crippen LogP contribution in [0.5, 0.6) is 0 Å². The van der Waals surface area contributed by atoms with E-state index in [-0.39, 0.29) is 22.8 Å². The molecule has 1 aliphatic rings. The predicted molar refractivity (Wildman–Crippen MR) is 75.8 cm³/mol. The van der Waals surface area contributed by atoms with Crippen molar-refractivity contribution in [3.05, 3.63) is 24.2 Å². The Morgan fingerprint density at radius 1 is 1.53 bits per heavy atom. The van der Waals surface area contributed by atoms with E-state index < -0.39 is 11.0 Å². The summed E-state index contributed by atoms with van der Waals surface area (Å²) in [5.74, 6) is 0.756. The molecule has 1 aliphatic carbocycles. The van der Waals surface area contributed by atoms with Gasteiger partial charge in [-0.05, 0) is 45.7 Å². The van der Waals surface area contributed by atoms with Gasteiger partial charge in [-0.15, -0.1) is 0 Å². The van der Waals surface area contributed by atoms with Crippen LogP contribution in [-0.4, -0.2) is 20.7 Å². The first-order valence-corrected chi connectivity index (χ1v) is 7.86. The highest BCUT2D eigenvalue weighted by Gasteiger charge is 2.47. The minimum Gasteiger partial charge on any atom is -0.468 e. The first-order valence-electron chi connectivity index (χ1n) is 6.71. The van der Waals surface area contributed by atoms with Gasteiger partial charge in [0, 0.05) is 5.41 Å².